The minimum atomic E-state index is -0.172. The van der Waals surface area contributed by atoms with Crippen LogP contribution >= 0.6 is 11.3 Å². The fraction of sp³-hybridized carbons (Fsp3) is 0.824. The zero-order valence-corrected chi connectivity index (χ0v) is 14.7. The molecule has 0 amide bonds. The SMILES string of the molecule is CC(C)(C)c1csc(C2CN(C3CCCCC3O)CCO2)n1. The van der Waals surface area contributed by atoms with E-state index in [2.05, 4.69) is 31.1 Å². The molecule has 1 N–H and O–H groups in total. The summed E-state index contributed by atoms with van der Waals surface area (Å²) in [4.78, 5) is 7.23. The molecule has 1 aromatic heterocycles. The molecule has 1 saturated heterocycles. The van der Waals surface area contributed by atoms with Gasteiger partial charge in [0.25, 0.3) is 0 Å². The van der Waals surface area contributed by atoms with Crippen LogP contribution in [0.2, 0.25) is 0 Å². The molecule has 0 spiro atoms. The number of aliphatic hydroxyl groups excluding tert-OH is 1. The van der Waals surface area contributed by atoms with Gasteiger partial charge in [-0.1, -0.05) is 33.6 Å². The number of ether oxygens (including phenoxy) is 1. The predicted molar refractivity (Wildman–Crippen MR) is 89.3 cm³/mol. The zero-order chi connectivity index (χ0) is 15.7. The smallest absolute Gasteiger partial charge is 0.123 e. The lowest BCUT2D eigenvalue weighted by Gasteiger charge is -2.41. The van der Waals surface area contributed by atoms with Crippen molar-refractivity contribution in [2.45, 2.75) is 70.1 Å². The third-order valence-corrected chi connectivity index (χ3v) is 5.76. The Bertz CT molecular complexity index is 497. The van der Waals surface area contributed by atoms with E-state index in [1.54, 1.807) is 11.3 Å². The van der Waals surface area contributed by atoms with Crippen molar-refractivity contribution in [3.05, 3.63) is 16.1 Å². The van der Waals surface area contributed by atoms with Gasteiger partial charge in [-0.15, -0.1) is 11.3 Å². The number of hydrogen-bond donors (Lipinski definition) is 1. The van der Waals surface area contributed by atoms with E-state index >= 15 is 0 Å². The van der Waals surface area contributed by atoms with Crippen molar-refractivity contribution in [1.29, 1.82) is 0 Å². The Balaban J connectivity index is 1.69. The van der Waals surface area contributed by atoms with Crippen LogP contribution in [0.5, 0.6) is 0 Å². The summed E-state index contributed by atoms with van der Waals surface area (Å²) >= 11 is 1.71. The van der Waals surface area contributed by atoms with Gasteiger partial charge >= 0.3 is 0 Å². The Morgan fingerprint density at radius 2 is 2.09 bits per heavy atom. The van der Waals surface area contributed by atoms with Crippen LogP contribution in [0.1, 0.15) is 63.3 Å². The maximum atomic E-state index is 10.3. The van der Waals surface area contributed by atoms with Gasteiger partial charge in [0.15, 0.2) is 0 Å². The first-order valence-electron chi connectivity index (χ1n) is 8.45. The van der Waals surface area contributed by atoms with E-state index in [4.69, 9.17) is 9.72 Å². The molecule has 5 heteroatoms. The normalized spacial score (nSPS) is 31.4. The maximum absolute atomic E-state index is 10.3. The Kier molecular flexibility index (Phi) is 4.88. The summed E-state index contributed by atoms with van der Waals surface area (Å²) in [6.07, 6.45) is 4.33. The van der Waals surface area contributed by atoms with Crippen LogP contribution in [-0.4, -0.2) is 46.8 Å². The van der Waals surface area contributed by atoms with E-state index in [1.165, 1.54) is 6.42 Å². The first-order valence-corrected chi connectivity index (χ1v) is 9.33. The summed E-state index contributed by atoms with van der Waals surface area (Å²) in [6.45, 7) is 9.10. The van der Waals surface area contributed by atoms with Gasteiger partial charge in [-0.25, -0.2) is 4.98 Å². The summed E-state index contributed by atoms with van der Waals surface area (Å²) in [5, 5.41) is 13.5. The molecular weight excluding hydrogens is 296 g/mol. The molecule has 2 aliphatic rings. The molecule has 1 aliphatic carbocycles. The lowest BCUT2D eigenvalue weighted by Crippen LogP contribution is -2.50. The molecular formula is C17H28N2O2S. The fourth-order valence-corrected chi connectivity index (χ4v) is 4.50. The molecule has 3 unspecified atom stereocenters. The molecule has 22 heavy (non-hydrogen) atoms. The summed E-state index contributed by atoms with van der Waals surface area (Å²) in [6, 6.07) is 0.308. The van der Waals surface area contributed by atoms with Crippen LogP contribution in [-0.2, 0) is 10.2 Å². The van der Waals surface area contributed by atoms with Crippen molar-refractivity contribution in [3.8, 4) is 0 Å². The van der Waals surface area contributed by atoms with Crippen molar-refractivity contribution < 1.29 is 9.84 Å². The van der Waals surface area contributed by atoms with Gasteiger partial charge in [0.05, 0.1) is 18.4 Å². The summed E-state index contributed by atoms with van der Waals surface area (Å²) in [7, 11) is 0. The average molecular weight is 324 g/mol. The molecule has 0 bridgehead atoms. The van der Waals surface area contributed by atoms with Crippen LogP contribution in [0, 0.1) is 0 Å². The van der Waals surface area contributed by atoms with Crippen molar-refractivity contribution in [1.82, 2.24) is 9.88 Å². The third kappa shape index (κ3) is 3.53. The Labute approximate surface area is 137 Å². The standard InChI is InChI=1S/C17H28N2O2S/c1-17(2,3)15-11-22-16(18-15)14-10-19(8-9-21-14)12-6-4-5-7-13(12)20/h11-14,20H,4-10H2,1-3H3. The van der Waals surface area contributed by atoms with E-state index in [-0.39, 0.29) is 17.6 Å². The molecule has 3 atom stereocenters. The van der Waals surface area contributed by atoms with Gasteiger partial charge in [-0.3, -0.25) is 4.90 Å². The third-order valence-electron chi connectivity index (χ3n) is 4.83. The number of nitrogens with zero attached hydrogens (tertiary/aromatic N) is 2. The molecule has 0 radical (unpaired) electrons. The second-order valence-electron chi connectivity index (χ2n) is 7.59. The number of morpholine rings is 1. The van der Waals surface area contributed by atoms with Gasteiger partial charge < -0.3 is 9.84 Å². The van der Waals surface area contributed by atoms with E-state index in [1.807, 2.05) is 0 Å². The lowest BCUT2D eigenvalue weighted by molar-refractivity contribution is -0.0749. The van der Waals surface area contributed by atoms with Gasteiger partial charge in [-0.05, 0) is 12.8 Å². The second-order valence-corrected chi connectivity index (χ2v) is 8.48. The van der Waals surface area contributed by atoms with E-state index in [0.717, 1.165) is 49.7 Å². The van der Waals surface area contributed by atoms with Crippen molar-refractivity contribution in [3.63, 3.8) is 0 Å². The van der Waals surface area contributed by atoms with Gasteiger partial charge in [0.1, 0.15) is 11.1 Å². The molecule has 1 aromatic rings. The topological polar surface area (TPSA) is 45.6 Å². The largest absolute Gasteiger partial charge is 0.391 e. The minimum Gasteiger partial charge on any atom is -0.391 e. The van der Waals surface area contributed by atoms with Crippen LogP contribution < -0.4 is 0 Å². The molecule has 1 aliphatic heterocycles. The molecule has 0 aromatic carbocycles. The highest BCUT2D eigenvalue weighted by Crippen LogP contribution is 2.32. The summed E-state index contributed by atoms with van der Waals surface area (Å²) in [5.74, 6) is 0. The molecule has 4 nitrogen and oxygen atoms in total. The van der Waals surface area contributed by atoms with Crippen LogP contribution in [0.25, 0.3) is 0 Å². The highest BCUT2D eigenvalue weighted by Gasteiger charge is 2.34. The van der Waals surface area contributed by atoms with Crippen LogP contribution in [0.3, 0.4) is 0 Å². The highest BCUT2D eigenvalue weighted by molar-refractivity contribution is 7.09. The molecule has 2 fully saturated rings. The number of aromatic nitrogens is 1. The Morgan fingerprint density at radius 3 is 2.77 bits per heavy atom. The number of aliphatic hydroxyl groups is 1. The Hall–Kier alpha value is -0.490. The first-order chi connectivity index (χ1) is 10.4. The van der Waals surface area contributed by atoms with E-state index in [9.17, 15) is 5.11 Å². The van der Waals surface area contributed by atoms with Crippen molar-refractivity contribution >= 4 is 11.3 Å². The number of hydrogen-bond acceptors (Lipinski definition) is 5. The number of thiazole rings is 1. The maximum Gasteiger partial charge on any atom is 0.123 e. The van der Waals surface area contributed by atoms with Crippen LogP contribution in [0.4, 0.5) is 0 Å². The van der Waals surface area contributed by atoms with Gasteiger partial charge in [-0.2, -0.15) is 0 Å². The van der Waals surface area contributed by atoms with Gasteiger partial charge in [0.2, 0.25) is 0 Å². The first kappa shape index (κ1) is 16.4. The average Bonchev–Trinajstić information content (AvgIpc) is 2.98. The lowest BCUT2D eigenvalue weighted by atomic mass is 9.91. The Morgan fingerprint density at radius 1 is 1.32 bits per heavy atom. The molecule has 3 rings (SSSR count). The monoisotopic (exact) mass is 324 g/mol. The molecule has 2 heterocycles. The quantitative estimate of drug-likeness (QED) is 0.908. The van der Waals surface area contributed by atoms with Crippen molar-refractivity contribution in [2.24, 2.45) is 0 Å². The van der Waals surface area contributed by atoms with Crippen molar-refractivity contribution in [2.75, 3.05) is 19.7 Å². The predicted octanol–water partition coefficient (Wildman–Crippen LogP) is 3.12. The second kappa shape index (κ2) is 6.56. The summed E-state index contributed by atoms with van der Waals surface area (Å²) < 4.78 is 5.97. The van der Waals surface area contributed by atoms with Crippen LogP contribution in [0.15, 0.2) is 5.38 Å². The summed E-state index contributed by atoms with van der Waals surface area (Å²) in [5.41, 5.74) is 1.23. The zero-order valence-electron chi connectivity index (χ0n) is 13.9. The molecule has 124 valence electrons. The molecule has 1 saturated carbocycles. The number of rotatable bonds is 2. The minimum absolute atomic E-state index is 0.0592. The highest BCUT2D eigenvalue weighted by atomic mass is 32.1. The van der Waals surface area contributed by atoms with E-state index in [0.29, 0.717) is 6.04 Å². The van der Waals surface area contributed by atoms with E-state index < -0.39 is 0 Å². The fourth-order valence-electron chi connectivity index (χ4n) is 3.42. The van der Waals surface area contributed by atoms with Gasteiger partial charge in [0, 0.05) is 29.9 Å².